The first-order chi connectivity index (χ1) is 14.3. The molecule has 0 fully saturated rings. The van der Waals surface area contributed by atoms with Gasteiger partial charge in [0.2, 0.25) is 0 Å². The van der Waals surface area contributed by atoms with Crippen LogP contribution in [-0.4, -0.2) is 32.3 Å². The van der Waals surface area contributed by atoms with Gasteiger partial charge in [0.05, 0.1) is 22.7 Å². The number of carbonyl (C=O) groups excluding carboxylic acids is 1. The number of carbonyl (C=O) groups is 1. The van der Waals surface area contributed by atoms with Gasteiger partial charge in [-0.2, -0.15) is 0 Å². The number of rotatable bonds is 4. The largest absolute Gasteiger partial charge is 0.507 e. The fraction of sp³-hybridized carbons (Fsp3) is 0.174. The Balaban J connectivity index is 2.11. The Morgan fingerprint density at radius 1 is 0.967 bits per heavy atom. The molecule has 154 valence electrons. The zero-order chi connectivity index (χ0) is 21.6. The van der Waals surface area contributed by atoms with E-state index in [4.69, 9.17) is 32.7 Å². The summed E-state index contributed by atoms with van der Waals surface area (Å²) in [6.45, 7) is 0. The number of aromatic hydroxyl groups is 1. The summed E-state index contributed by atoms with van der Waals surface area (Å²) in [7, 11) is 5.38. The Labute approximate surface area is 184 Å². The molecule has 1 N–H and O–H groups in total. The Bertz CT molecular complexity index is 1160. The van der Waals surface area contributed by atoms with Crippen LogP contribution in [0, 0.1) is 0 Å². The minimum atomic E-state index is -1.46. The highest BCUT2D eigenvalue weighted by Gasteiger charge is 2.51. The van der Waals surface area contributed by atoms with Crippen LogP contribution >= 0.6 is 23.2 Å². The topological polar surface area (TPSA) is 59.0 Å². The third kappa shape index (κ3) is 2.97. The number of esters is 1. The summed E-state index contributed by atoms with van der Waals surface area (Å²) in [6.07, 6.45) is 0. The van der Waals surface area contributed by atoms with Crippen molar-refractivity contribution in [2.45, 2.75) is 5.60 Å². The van der Waals surface area contributed by atoms with E-state index < -0.39 is 11.6 Å². The molecule has 1 aliphatic rings. The van der Waals surface area contributed by atoms with Gasteiger partial charge in [-0.25, -0.2) is 4.79 Å². The molecule has 7 heteroatoms. The summed E-state index contributed by atoms with van der Waals surface area (Å²) >= 11 is 12.4. The second-order valence-electron chi connectivity index (χ2n) is 7.18. The number of phenols is 1. The van der Waals surface area contributed by atoms with Crippen molar-refractivity contribution in [3.05, 3.63) is 86.9 Å². The van der Waals surface area contributed by atoms with Crippen LogP contribution in [0.2, 0.25) is 10.0 Å². The van der Waals surface area contributed by atoms with Crippen LogP contribution in [0.3, 0.4) is 0 Å². The van der Waals surface area contributed by atoms with Crippen LogP contribution in [0.25, 0.3) is 0 Å². The van der Waals surface area contributed by atoms with E-state index in [1.165, 1.54) is 12.1 Å². The van der Waals surface area contributed by atoms with Crippen molar-refractivity contribution >= 4 is 34.9 Å². The van der Waals surface area contributed by atoms with Gasteiger partial charge >= 0.3 is 5.97 Å². The third-order valence-electron chi connectivity index (χ3n) is 5.27. The molecule has 3 aromatic rings. The molecule has 0 radical (unpaired) electrons. The molecule has 30 heavy (non-hydrogen) atoms. The Hall–Kier alpha value is -2.89. The van der Waals surface area contributed by atoms with Crippen molar-refractivity contribution in [3.63, 3.8) is 0 Å². The van der Waals surface area contributed by atoms with Gasteiger partial charge in [0.25, 0.3) is 0 Å². The van der Waals surface area contributed by atoms with Crippen LogP contribution < -0.4 is 9.64 Å². The van der Waals surface area contributed by atoms with Crippen LogP contribution in [0.1, 0.15) is 27.0 Å². The summed E-state index contributed by atoms with van der Waals surface area (Å²) in [5.74, 6) is -0.154. The average molecular weight is 444 g/mol. The van der Waals surface area contributed by atoms with Crippen molar-refractivity contribution in [3.8, 4) is 11.5 Å². The maximum atomic E-state index is 12.9. The van der Waals surface area contributed by atoms with E-state index in [0.29, 0.717) is 28.0 Å². The summed E-state index contributed by atoms with van der Waals surface area (Å²) in [5.41, 5.74) is 1.29. The first kappa shape index (κ1) is 20.4. The SMILES string of the molecule is COc1cc(N(C)C)ccc1C1(c2cc(Cl)c(Cl)cc2O)OC(=O)c2ccccc21. The molecule has 3 aromatic carbocycles. The molecule has 0 spiro atoms. The van der Waals surface area contributed by atoms with Gasteiger partial charge in [-0.05, 0) is 24.3 Å². The Morgan fingerprint density at radius 3 is 2.37 bits per heavy atom. The number of fused-ring (bicyclic) bond motifs is 1. The zero-order valence-electron chi connectivity index (χ0n) is 16.6. The molecule has 1 heterocycles. The van der Waals surface area contributed by atoms with Crippen LogP contribution in [0.15, 0.2) is 54.6 Å². The predicted octanol–water partition coefficient (Wildman–Crippen LogP) is 5.24. The maximum absolute atomic E-state index is 12.9. The predicted molar refractivity (Wildman–Crippen MR) is 117 cm³/mol. The fourth-order valence-corrected chi connectivity index (χ4v) is 4.15. The quantitative estimate of drug-likeness (QED) is 0.558. The highest BCUT2D eigenvalue weighted by molar-refractivity contribution is 6.42. The van der Waals surface area contributed by atoms with Gasteiger partial charge in [0, 0.05) is 48.6 Å². The number of hydrogen-bond donors (Lipinski definition) is 1. The number of halogens is 2. The van der Waals surface area contributed by atoms with Gasteiger partial charge in [-0.15, -0.1) is 0 Å². The lowest BCUT2D eigenvalue weighted by Crippen LogP contribution is -2.30. The van der Waals surface area contributed by atoms with Gasteiger partial charge in [-0.1, -0.05) is 41.4 Å². The number of anilines is 1. The van der Waals surface area contributed by atoms with E-state index in [2.05, 4.69) is 0 Å². The van der Waals surface area contributed by atoms with E-state index in [-0.39, 0.29) is 15.8 Å². The van der Waals surface area contributed by atoms with Crippen LogP contribution in [0.5, 0.6) is 11.5 Å². The van der Waals surface area contributed by atoms with Crippen molar-refractivity contribution in [1.82, 2.24) is 0 Å². The molecule has 0 saturated heterocycles. The monoisotopic (exact) mass is 443 g/mol. The van der Waals surface area contributed by atoms with Gasteiger partial charge in [-0.3, -0.25) is 0 Å². The molecular weight excluding hydrogens is 425 g/mol. The lowest BCUT2D eigenvalue weighted by Gasteiger charge is -2.32. The fourth-order valence-electron chi connectivity index (χ4n) is 3.83. The summed E-state index contributed by atoms with van der Waals surface area (Å²) in [5, 5.41) is 11.3. The van der Waals surface area contributed by atoms with Crippen molar-refractivity contribution in [2.24, 2.45) is 0 Å². The van der Waals surface area contributed by atoms with Gasteiger partial charge in [0.1, 0.15) is 11.5 Å². The van der Waals surface area contributed by atoms with E-state index in [1.807, 2.05) is 43.3 Å². The van der Waals surface area contributed by atoms with E-state index in [9.17, 15) is 9.90 Å². The molecule has 0 aliphatic carbocycles. The summed E-state index contributed by atoms with van der Waals surface area (Å²) in [6, 6.07) is 15.5. The first-order valence-electron chi connectivity index (χ1n) is 9.16. The number of nitrogens with zero attached hydrogens (tertiary/aromatic N) is 1. The molecule has 0 aromatic heterocycles. The highest BCUT2D eigenvalue weighted by Crippen LogP contribution is 2.53. The third-order valence-corrected chi connectivity index (χ3v) is 5.99. The van der Waals surface area contributed by atoms with E-state index in [0.717, 1.165) is 5.69 Å². The van der Waals surface area contributed by atoms with Gasteiger partial charge in [0.15, 0.2) is 5.60 Å². The molecule has 1 aliphatic heterocycles. The van der Waals surface area contributed by atoms with Crippen molar-refractivity contribution in [2.75, 3.05) is 26.1 Å². The summed E-state index contributed by atoms with van der Waals surface area (Å²) in [4.78, 5) is 14.8. The number of hydrogen-bond acceptors (Lipinski definition) is 5. The minimum absolute atomic E-state index is 0.146. The van der Waals surface area contributed by atoms with Crippen molar-refractivity contribution in [1.29, 1.82) is 0 Å². The number of cyclic esters (lactones) is 1. The number of benzene rings is 3. The Morgan fingerprint density at radius 2 is 1.67 bits per heavy atom. The second kappa shape index (κ2) is 7.42. The minimum Gasteiger partial charge on any atom is -0.507 e. The highest BCUT2D eigenvalue weighted by atomic mass is 35.5. The zero-order valence-corrected chi connectivity index (χ0v) is 18.1. The van der Waals surface area contributed by atoms with Crippen molar-refractivity contribution < 1.29 is 19.4 Å². The normalized spacial score (nSPS) is 17.4. The molecule has 0 saturated carbocycles. The van der Waals surface area contributed by atoms with Crippen LogP contribution in [0.4, 0.5) is 5.69 Å². The molecule has 5 nitrogen and oxygen atoms in total. The molecule has 0 bridgehead atoms. The average Bonchev–Trinajstić information content (AvgIpc) is 3.03. The number of ether oxygens (including phenoxy) is 2. The number of methoxy groups -OCH3 is 1. The maximum Gasteiger partial charge on any atom is 0.340 e. The Kier molecular flexibility index (Phi) is 5.04. The first-order valence-corrected chi connectivity index (χ1v) is 9.92. The van der Waals surface area contributed by atoms with Crippen LogP contribution in [-0.2, 0) is 10.3 Å². The molecular formula is C23H19Cl2NO4. The molecule has 1 unspecified atom stereocenters. The lowest BCUT2D eigenvalue weighted by molar-refractivity contribution is 0.0239. The second-order valence-corrected chi connectivity index (χ2v) is 7.99. The standard InChI is InChI=1S/C23H19Cl2NO4/c1-26(2)13-8-9-16(21(10-13)29-3)23(17-11-18(24)19(25)12-20(17)27)15-7-5-4-6-14(15)22(28)30-23/h4-12,27H,1-3H3. The van der Waals surface area contributed by atoms with E-state index in [1.54, 1.807) is 25.3 Å². The lowest BCUT2D eigenvalue weighted by atomic mass is 9.79. The van der Waals surface area contributed by atoms with E-state index >= 15 is 0 Å². The molecule has 4 rings (SSSR count). The van der Waals surface area contributed by atoms with Gasteiger partial charge < -0.3 is 19.5 Å². The smallest absolute Gasteiger partial charge is 0.340 e. The number of phenolic OH excluding ortho intramolecular Hbond substituents is 1. The molecule has 1 atom stereocenters. The summed E-state index contributed by atoms with van der Waals surface area (Å²) < 4.78 is 11.7. The molecule has 0 amide bonds.